The van der Waals surface area contributed by atoms with Gasteiger partial charge in [-0.15, -0.1) is 0 Å². The molecule has 0 amide bonds. The van der Waals surface area contributed by atoms with Crippen LogP contribution < -0.4 is 19.6 Å². The maximum Gasteiger partial charge on any atom is 2.00 e. The van der Waals surface area contributed by atoms with Crippen molar-refractivity contribution in [3.05, 3.63) is 0 Å². The molecule has 6 nitrogen and oxygen atoms in total. The summed E-state index contributed by atoms with van der Waals surface area (Å²) < 4.78 is 16.1. The molecular formula is CBa2Cl2O6P2. The van der Waals surface area contributed by atoms with Crippen LogP contribution in [0.15, 0.2) is 0 Å². The van der Waals surface area contributed by atoms with Crippen LogP contribution in [0.5, 0.6) is 0 Å². The van der Waals surface area contributed by atoms with E-state index < -0.39 is 19.0 Å². The van der Waals surface area contributed by atoms with Gasteiger partial charge in [-0.05, 0) is 15.2 Å². The average Bonchev–Trinajstić information content (AvgIpc) is 1.58. The van der Waals surface area contributed by atoms with E-state index in [0.29, 0.717) is 0 Å². The SMILES string of the molecule is O=P([O-])([O-])C(Cl)(Cl)P(=O)([O-])[O-].[Ba+2].[Ba+2]. The summed E-state index contributed by atoms with van der Waals surface area (Å²) in [7, 11) is -11.7. The third-order valence-electron chi connectivity index (χ3n) is 0.659. The fraction of sp³-hybridized carbons (Fsp3) is 1.00. The molecule has 0 atom stereocenters. The van der Waals surface area contributed by atoms with Gasteiger partial charge in [0.25, 0.3) is 0 Å². The van der Waals surface area contributed by atoms with Gasteiger partial charge in [-0.3, -0.25) is 0 Å². The molecule has 0 aromatic rings. The fourth-order valence-corrected chi connectivity index (χ4v) is 1.35. The van der Waals surface area contributed by atoms with Gasteiger partial charge in [0.1, 0.15) is 0 Å². The van der Waals surface area contributed by atoms with Crippen molar-refractivity contribution < 1.29 is 28.7 Å². The van der Waals surface area contributed by atoms with Crippen molar-refractivity contribution in [3.8, 4) is 0 Å². The zero-order valence-electron chi connectivity index (χ0n) is 6.01. The Balaban J connectivity index is -0.000000500. The van der Waals surface area contributed by atoms with E-state index in [1.165, 1.54) is 0 Å². The first-order valence-electron chi connectivity index (χ1n) is 1.92. The topological polar surface area (TPSA) is 126 Å². The van der Waals surface area contributed by atoms with E-state index in [9.17, 15) is 28.7 Å². The number of alkyl halides is 2. The second-order valence-electron chi connectivity index (χ2n) is 1.50. The summed E-state index contributed by atoms with van der Waals surface area (Å²) in [5.74, 6) is 0. The Morgan fingerprint density at radius 2 is 1.00 bits per heavy atom. The van der Waals surface area contributed by atoms with Gasteiger partial charge in [0, 0.05) is 0 Å². The summed E-state index contributed by atoms with van der Waals surface area (Å²) in [6, 6.07) is 0. The number of hydrogen-bond donors (Lipinski definition) is 0. The second-order valence-corrected chi connectivity index (χ2v) is 7.57. The quantitative estimate of drug-likeness (QED) is 0.221. The number of rotatable bonds is 2. The largest absolute Gasteiger partial charge is 2.00 e. The van der Waals surface area contributed by atoms with Crippen LogP contribution in [0.3, 0.4) is 0 Å². The molecule has 12 heteroatoms. The first-order chi connectivity index (χ1) is 4.50. The minimum atomic E-state index is -5.85. The van der Waals surface area contributed by atoms with Gasteiger partial charge in [-0.2, -0.15) is 0 Å². The summed E-state index contributed by atoms with van der Waals surface area (Å²) in [5, 5.41) is 0. The Morgan fingerprint density at radius 3 is 1.00 bits per heavy atom. The second kappa shape index (κ2) is 7.46. The molecule has 0 rings (SSSR count). The zero-order valence-corrected chi connectivity index (χ0v) is 18.2. The molecule has 0 fully saturated rings. The van der Waals surface area contributed by atoms with Crippen LogP contribution in [-0.4, -0.2) is 102 Å². The molecule has 68 valence electrons. The number of halogens is 2. The Bertz CT molecular complexity index is 219. The summed E-state index contributed by atoms with van der Waals surface area (Å²) in [6.07, 6.45) is 0. The molecule has 0 radical (unpaired) electrons. The van der Waals surface area contributed by atoms with Gasteiger partial charge in [0.2, 0.25) is 0 Å². The molecule has 0 heterocycles. The van der Waals surface area contributed by atoms with E-state index in [1.807, 2.05) is 0 Å². The van der Waals surface area contributed by atoms with Gasteiger partial charge < -0.3 is 28.7 Å². The van der Waals surface area contributed by atoms with E-state index >= 15 is 0 Å². The maximum absolute atomic E-state index is 9.94. The zero-order chi connectivity index (χ0) is 9.50. The Labute approximate surface area is 165 Å². The molecule has 13 heavy (non-hydrogen) atoms. The first kappa shape index (κ1) is 22.2. The molecule has 0 unspecified atom stereocenters. The monoisotopic (exact) mass is 516 g/mol. The molecule has 0 aliphatic rings. The van der Waals surface area contributed by atoms with E-state index in [0.717, 1.165) is 0 Å². The van der Waals surface area contributed by atoms with Crippen LogP contribution in [0.2, 0.25) is 0 Å². The van der Waals surface area contributed by atoms with Gasteiger partial charge in [-0.25, -0.2) is 0 Å². The summed E-state index contributed by atoms with van der Waals surface area (Å²) in [4.78, 5) is 39.7. The van der Waals surface area contributed by atoms with Gasteiger partial charge >= 0.3 is 97.8 Å². The molecule has 0 saturated carbocycles. The van der Waals surface area contributed by atoms with E-state index in [1.54, 1.807) is 0 Å². The first-order valence-corrected chi connectivity index (χ1v) is 5.76. The van der Waals surface area contributed by atoms with E-state index in [2.05, 4.69) is 23.2 Å². The third-order valence-corrected chi connectivity index (χ3v) is 5.93. The van der Waals surface area contributed by atoms with Crippen molar-refractivity contribution in [3.63, 3.8) is 0 Å². The fourth-order valence-electron chi connectivity index (χ4n) is 0.150. The van der Waals surface area contributed by atoms with Crippen molar-refractivity contribution in [2.45, 2.75) is 3.82 Å². The van der Waals surface area contributed by atoms with E-state index in [-0.39, 0.29) is 97.8 Å². The summed E-state index contributed by atoms with van der Waals surface area (Å²) >= 11 is 8.96. The Kier molecular flexibility index (Phi) is 12.7. The molecular weight excluding hydrogens is 516 g/mol. The van der Waals surface area contributed by atoms with Gasteiger partial charge in [0.15, 0.2) is 3.82 Å². The predicted molar refractivity (Wildman–Crippen MR) is 41.2 cm³/mol. The molecule has 0 aliphatic carbocycles. The van der Waals surface area contributed by atoms with Crippen LogP contribution in [0.1, 0.15) is 0 Å². The molecule has 0 aromatic carbocycles. The van der Waals surface area contributed by atoms with Crippen molar-refractivity contribution in [1.82, 2.24) is 0 Å². The van der Waals surface area contributed by atoms with Crippen molar-refractivity contribution >= 4 is 136 Å². The molecule has 0 saturated heterocycles. The minimum absolute atomic E-state index is 0. The van der Waals surface area contributed by atoms with Crippen LogP contribution in [-0.2, 0) is 9.13 Å². The van der Waals surface area contributed by atoms with Crippen LogP contribution in [0.25, 0.3) is 0 Å². The summed E-state index contributed by atoms with van der Waals surface area (Å²) in [6.45, 7) is 0. The van der Waals surface area contributed by atoms with Crippen LogP contribution in [0, 0.1) is 0 Å². The smallest absolute Gasteiger partial charge is 0.808 e. The minimum Gasteiger partial charge on any atom is -0.808 e. The molecule has 0 N–H and O–H groups in total. The van der Waals surface area contributed by atoms with Crippen molar-refractivity contribution in [2.24, 2.45) is 0 Å². The number of hydrogen-bond acceptors (Lipinski definition) is 6. The Hall–Kier alpha value is 4.02. The van der Waals surface area contributed by atoms with Crippen LogP contribution in [0.4, 0.5) is 0 Å². The van der Waals surface area contributed by atoms with Crippen molar-refractivity contribution in [2.75, 3.05) is 0 Å². The molecule has 0 aromatic heterocycles. The standard InChI is InChI=1S/CH4Cl2O6P2.2Ba/c2-1(3,10(4,5)6)11(7,8)9;;/h(H2,4,5,6)(H2,7,8,9);;/q;2*+2/p-4. The molecule has 0 aliphatic heterocycles. The normalized spacial score (nSPS) is 12.8. The van der Waals surface area contributed by atoms with Gasteiger partial charge in [-0.1, -0.05) is 23.2 Å². The summed E-state index contributed by atoms with van der Waals surface area (Å²) in [5.41, 5.74) is 0. The predicted octanol–water partition coefficient (Wildman–Crippen LogP) is -2.86. The molecule has 0 bridgehead atoms. The maximum atomic E-state index is 9.94. The van der Waals surface area contributed by atoms with Crippen molar-refractivity contribution in [1.29, 1.82) is 0 Å². The molecule has 0 spiro atoms. The average molecular weight is 516 g/mol. The van der Waals surface area contributed by atoms with E-state index in [4.69, 9.17) is 0 Å². The van der Waals surface area contributed by atoms with Crippen LogP contribution >= 0.6 is 38.4 Å². The van der Waals surface area contributed by atoms with Gasteiger partial charge in [0.05, 0.1) is 0 Å². The Morgan fingerprint density at radius 1 is 0.846 bits per heavy atom. The third kappa shape index (κ3) is 6.50.